The Bertz CT molecular complexity index is 150. The van der Waals surface area contributed by atoms with Crippen LogP contribution in [0.1, 0.15) is 54.2 Å². The Morgan fingerprint density at radius 3 is 2.46 bits per heavy atom. The molecule has 0 heterocycles. The van der Waals surface area contributed by atoms with Crippen LogP contribution in [0.5, 0.6) is 0 Å². The van der Waals surface area contributed by atoms with Gasteiger partial charge in [-0.25, -0.2) is 0 Å². The minimum atomic E-state index is -0.647. The Balaban J connectivity index is -0.000000480. The number of hydrogen-bond donors (Lipinski definition) is 1. The predicted octanol–water partition coefficient (Wildman–Crippen LogP) is 2.67. The molecule has 0 aromatic carbocycles. The van der Waals surface area contributed by atoms with Crippen molar-refractivity contribution in [1.29, 1.82) is 0 Å². The standard InChI is InChI=1S/C10H18O2.Ba.2H/c11-10(12)8-4-7-9-5-2-1-3-6-9;;;/h9H,1-8H2,(H,11,12);;;/q;+2;2*-1. The first kappa shape index (κ1) is 14.0. The summed E-state index contributed by atoms with van der Waals surface area (Å²) >= 11 is 0. The third kappa shape index (κ3) is 7.03. The maximum Gasteiger partial charge on any atom is 2.00 e. The first-order valence-corrected chi connectivity index (χ1v) is 5.01. The Morgan fingerprint density at radius 2 is 1.92 bits per heavy atom. The first-order valence-electron chi connectivity index (χ1n) is 5.01. The summed E-state index contributed by atoms with van der Waals surface area (Å²) < 4.78 is 0. The third-order valence-electron chi connectivity index (χ3n) is 2.73. The fourth-order valence-corrected chi connectivity index (χ4v) is 2.02. The van der Waals surface area contributed by atoms with Crippen molar-refractivity contribution in [2.75, 3.05) is 0 Å². The predicted molar refractivity (Wildman–Crippen MR) is 56.0 cm³/mol. The summed E-state index contributed by atoms with van der Waals surface area (Å²) in [5.41, 5.74) is 0. The van der Waals surface area contributed by atoms with Crippen molar-refractivity contribution in [2.24, 2.45) is 5.92 Å². The second-order valence-corrected chi connectivity index (χ2v) is 3.79. The number of carboxylic acids is 1. The fraction of sp³-hybridized carbons (Fsp3) is 0.900. The maximum absolute atomic E-state index is 10.2. The summed E-state index contributed by atoms with van der Waals surface area (Å²) in [5, 5.41) is 8.44. The zero-order valence-electron chi connectivity index (χ0n) is 10.3. The van der Waals surface area contributed by atoms with E-state index >= 15 is 0 Å². The van der Waals surface area contributed by atoms with E-state index in [9.17, 15) is 4.79 Å². The first-order chi connectivity index (χ1) is 5.79. The third-order valence-corrected chi connectivity index (χ3v) is 2.73. The van der Waals surface area contributed by atoms with Crippen molar-refractivity contribution in [3.8, 4) is 0 Å². The molecule has 2 nitrogen and oxygen atoms in total. The average Bonchev–Trinajstić information content (AvgIpc) is 2.05. The Morgan fingerprint density at radius 1 is 1.31 bits per heavy atom. The van der Waals surface area contributed by atoms with E-state index in [4.69, 9.17) is 5.11 Å². The van der Waals surface area contributed by atoms with Crippen LogP contribution in [0.3, 0.4) is 0 Å². The summed E-state index contributed by atoms with van der Waals surface area (Å²) in [7, 11) is 0. The van der Waals surface area contributed by atoms with E-state index in [-0.39, 0.29) is 51.7 Å². The molecule has 1 saturated carbocycles. The van der Waals surface area contributed by atoms with Gasteiger partial charge in [0.1, 0.15) is 0 Å². The molecule has 0 aromatic rings. The summed E-state index contributed by atoms with van der Waals surface area (Å²) in [5.74, 6) is 0.184. The van der Waals surface area contributed by atoms with E-state index in [1.807, 2.05) is 0 Å². The van der Waals surface area contributed by atoms with Gasteiger partial charge in [0, 0.05) is 6.42 Å². The van der Waals surface area contributed by atoms with Crippen LogP contribution in [-0.2, 0) is 4.79 Å². The summed E-state index contributed by atoms with van der Waals surface area (Å²) in [6.45, 7) is 0. The van der Waals surface area contributed by atoms with Crippen molar-refractivity contribution >= 4 is 54.9 Å². The van der Waals surface area contributed by atoms with Gasteiger partial charge >= 0.3 is 54.9 Å². The average molecular weight is 310 g/mol. The van der Waals surface area contributed by atoms with Gasteiger partial charge in [0.05, 0.1) is 0 Å². The Labute approximate surface area is 124 Å². The minimum Gasteiger partial charge on any atom is -1.00 e. The van der Waals surface area contributed by atoms with Gasteiger partial charge in [0.25, 0.3) is 0 Å². The molecule has 1 aliphatic rings. The van der Waals surface area contributed by atoms with Gasteiger partial charge in [-0.1, -0.05) is 32.1 Å². The van der Waals surface area contributed by atoms with Crippen LogP contribution in [0.4, 0.5) is 0 Å². The summed E-state index contributed by atoms with van der Waals surface area (Å²) in [6.07, 6.45) is 9.13. The van der Waals surface area contributed by atoms with E-state index in [2.05, 4.69) is 0 Å². The molecule has 0 saturated heterocycles. The van der Waals surface area contributed by atoms with Gasteiger partial charge in [0.15, 0.2) is 0 Å². The number of carboxylic acid groups (broad SMARTS) is 1. The molecular weight excluding hydrogens is 289 g/mol. The largest absolute Gasteiger partial charge is 2.00 e. The van der Waals surface area contributed by atoms with Gasteiger partial charge < -0.3 is 7.96 Å². The number of rotatable bonds is 4. The van der Waals surface area contributed by atoms with Gasteiger partial charge in [-0.15, -0.1) is 0 Å². The van der Waals surface area contributed by atoms with E-state index < -0.39 is 5.97 Å². The van der Waals surface area contributed by atoms with Crippen molar-refractivity contribution in [2.45, 2.75) is 51.4 Å². The SMILES string of the molecule is O=C(O)CCCC1CCCCC1.[Ba+2].[H-].[H-]. The molecule has 1 rings (SSSR count). The molecule has 0 bridgehead atoms. The summed E-state index contributed by atoms with van der Waals surface area (Å²) in [4.78, 5) is 10.2. The molecule has 13 heavy (non-hydrogen) atoms. The molecule has 1 N–H and O–H groups in total. The molecule has 0 radical (unpaired) electrons. The van der Waals surface area contributed by atoms with Crippen LogP contribution in [0.2, 0.25) is 0 Å². The van der Waals surface area contributed by atoms with Gasteiger partial charge in [-0.3, -0.25) is 4.79 Å². The van der Waals surface area contributed by atoms with Crippen LogP contribution in [-0.4, -0.2) is 60.0 Å². The van der Waals surface area contributed by atoms with E-state index in [1.165, 1.54) is 32.1 Å². The molecule has 74 valence electrons. The summed E-state index contributed by atoms with van der Waals surface area (Å²) in [6, 6.07) is 0. The molecule has 0 aromatic heterocycles. The molecule has 1 aliphatic carbocycles. The molecule has 1 fully saturated rings. The smallest absolute Gasteiger partial charge is 1.00 e. The van der Waals surface area contributed by atoms with Gasteiger partial charge in [0.2, 0.25) is 0 Å². The number of aliphatic carboxylic acids is 1. The second kappa shape index (κ2) is 8.36. The van der Waals surface area contributed by atoms with Crippen molar-refractivity contribution in [3.63, 3.8) is 0 Å². The quantitative estimate of drug-likeness (QED) is 0.811. The number of carbonyl (C=O) groups is 1. The van der Waals surface area contributed by atoms with Crippen molar-refractivity contribution in [1.82, 2.24) is 0 Å². The normalized spacial score (nSPS) is 17.8. The van der Waals surface area contributed by atoms with Crippen LogP contribution in [0.25, 0.3) is 0 Å². The zero-order chi connectivity index (χ0) is 8.81. The van der Waals surface area contributed by atoms with E-state index in [0.717, 1.165) is 18.8 Å². The zero-order valence-corrected chi connectivity index (χ0v) is 12.7. The van der Waals surface area contributed by atoms with Crippen molar-refractivity contribution in [3.05, 3.63) is 0 Å². The molecule has 0 aliphatic heterocycles. The molecule has 0 atom stereocenters. The van der Waals surface area contributed by atoms with E-state index in [1.54, 1.807) is 0 Å². The molecule has 3 heteroatoms. The second-order valence-electron chi connectivity index (χ2n) is 3.79. The molecule has 0 unspecified atom stereocenters. The minimum absolute atomic E-state index is 0. The van der Waals surface area contributed by atoms with Crippen LogP contribution >= 0.6 is 0 Å². The van der Waals surface area contributed by atoms with Crippen LogP contribution < -0.4 is 0 Å². The van der Waals surface area contributed by atoms with E-state index in [0.29, 0.717) is 6.42 Å². The van der Waals surface area contributed by atoms with Crippen LogP contribution in [0, 0.1) is 5.92 Å². The Hall–Kier alpha value is 1.04. The van der Waals surface area contributed by atoms with Crippen molar-refractivity contribution < 1.29 is 12.8 Å². The molecule has 0 amide bonds. The van der Waals surface area contributed by atoms with Gasteiger partial charge in [-0.05, 0) is 18.8 Å². The topological polar surface area (TPSA) is 37.3 Å². The van der Waals surface area contributed by atoms with Crippen LogP contribution in [0.15, 0.2) is 0 Å². The molecule has 0 spiro atoms. The Kier molecular flexibility index (Phi) is 9.03. The van der Waals surface area contributed by atoms with Gasteiger partial charge in [-0.2, -0.15) is 0 Å². The number of hydrogen-bond acceptors (Lipinski definition) is 1. The maximum atomic E-state index is 10.2. The fourth-order valence-electron chi connectivity index (χ4n) is 2.02. The molecular formula is C10H20BaO2. The monoisotopic (exact) mass is 310 g/mol.